The lowest BCUT2D eigenvalue weighted by Gasteiger charge is -2.04. The summed E-state index contributed by atoms with van der Waals surface area (Å²) in [5.41, 5.74) is 3.14. The normalized spacial score (nSPS) is 10.2. The molecule has 2 heteroatoms. The summed E-state index contributed by atoms with van der Waals surface area (Å²) in [4.78, 5) is 13.0. The maximum Gasteiger partial charge on any atom is 0.224 e. The predicted octanol–water partition coefficient (Wildman–Crippen LogP) is 4.24. The molecule has 2 rings (SSSR count). The molecule has 0 unspecified atom stereocenters. The van der Waals surface area contributed by atoms with E-state index in [1.54, 1.807) is 0 Å². The highest BCUT2D eigenvalue weighted by Crippen LogP contribution is 2.23. The van der Waals surface area contributed by atoms with Gasteiger partial charge in [0.2, 0.25) is 5.12 Å². The van der Waals surface area contributed by atoms with Gasteiger partial charge in [-0.3, -0.25) is 4.79 Å². The zero-order chi connectivity index (χ0) is 12.3. The summed E-state index contributed by atoms with van der Waals surface area (Å²) in [6, 6.07) is 15.6. The average molecular weight is 242 g/mol. The topological polar surface area (TPSA) is 17.1 Å². The van der Waals surface area contributed by atoms with Gasteiger partial charge < -0.3 is 0 Å². The second-order valence-electron chi connectivity index (χ2n) is 4.00. The first-order valence-electron chi connectivity index (χ1n) is 5.51. The van der Waals surface area contributed by atoms with Crippen LogP contribution in [0.15, 0.2) is 53.4 Å². The summed E-state index contributed by atoms with van der Waals surface area (Å²) >= 11 is 1.27. The highest BCUT2D eigenvalue weighted by atomic mass is 32.2. The standard InChI is InChI=1S/C15H14OS/c1-11-8-9-13(10-12(11)2)15(16)17-14-6-4-3-5-7-14/h3-10H,1-2H3. The van der Waals surface area contributed by atoms with Crippen LogP contribution in [0.4, 0.5) is 0 Å². The van der Waals surface area contributed by atoms with Gasteiger partial charge in [-0.25, -0.2) is 0 Å². The lowest BCUT2D eigenvalue weighted by Crippen LogP contribution is -1.94. The fourth-order valence-electron chi connectivity index (χ4n) is 1.52. The van der Waals surface area contributed by atoms with Crippen LogP contribution in [-0.2, 0) is 0 Å². The second-order valence-corrected chi connectivity index (χ2v) is 5.05. The Labute approximate surface area is 106 Å². The Balaban J connectivity index is 2.18. The third-order valence-electron chi connectivity index (χ3n) is 2.70. The molecular formula is C15H14OS. The predicted molar refractivity (Wildman–Crippen MR) is 72.5 cm³/mol. The minimum absolute atomic E-state index is 0.0966. The Morgan fingerprint density at radius 3 is 2.29 bits per heavy atom. The van der Waals surface area contributed by atoms with Crippen LogP contribution in [0.25, 0.3) is 0 Å². The van der Waals surface area contributed by atoms with Crippen LogP contribution < -0.4 is 0 Å². The number of rotatable bonds is 2. The number of aryl methyl sites for hydroxylation is 2. The van der Waals surface area contributed by atoms with Crippen LogP contribution in [0.2, 0.25) is 0 Å². The fraction of sp³-hybridized carbons (Fsp3) is 0.133. The monoisotopic (exact) mass is 242 g/mol. The summed E-state index contributed by atoms with van der Waals surface area (Å²) in [5.74, 6) is 0. The molecule has 2 aromatic carbocycles. The van der Waals surface area contributed by atoms with Crippen LogP contribution in [0.3, 0.4) is 0 Å². The summed E-state index contributed by atoms with van der Waals surface area (Å²) in [6.07, 6.45) is 0. The first kappa shape index (κ1) is 11.9. The molecule has 17 heavy (non-hydrogen) atoms. The van der Waals surface area contributed by atoms with Crippen molar-refractivity contribution in [2.75, 3.05) is 0 Å². The molecule has 1 nitrogen and oxygen atoms in total. The van der Waals surface area contributed by atoms with Gasteiger partial charge in [0.15, 0.2) is 0 Å². The molecule has 0 aliphatic carbocycles. The van der Waals surface area contributed by atoms with Crippen molar-refractivity contribution in [3.8, 4) is 0 Å². The van der Waals surface area contributed by atoms with E-state index in [-0.39, 0.29) is 5.12 Å². The minimum Gasteiger partial charge on any atom is -0.281 e. The van der Waals surface area contributed by atoms with E-state index in [0.717, 1.165) is 16.0 Å². The van der Waals surface area contributed by atoms with E-state index in [4.69, 9.17) is 0 Å². The second kappa shape index (κ2) is 5.19. The van der Waals surface area contributed by atoms with Gasteiger partial charge in [-0.1, -0.05) is 30.3 Å². The van der Waals surface area contributed by atoms with Crippen molar-refractivity contribution >= 4 is 16.9 Å². The van der Waals surface area contributed by atoms with Crippen molar-refractivity contribution in [1.29, 1.82) is 0 Å². The molecule has 0 saturated carbocycles. The number of carbonyl (C=O) groups is 1. The maximum atomic E-state index is 12.0. The van der Waals surface area contributed by atoms with E-state index in [0.29, 0.717) is 0 Å². The molecule has 0 fully saturated rings. The maximum absolute atomic E-state index is 12.0. The molecule has 0 spiro atoms. The average Bonchev–Trinajstić information content (AvgIpc) is 2.34. The van der Waals surface area contributed by atoms with E-state index < -0.39 is 0 Å². The summed E-state index contributed by atoms with van der Waals surface area (Å²) in [5, 5.41) is 0.0966. The van der Waals surface area contributed by atoms with Crippen molar-refractivity contribution < 1.29 is 4.79 Å². The first-order chi connectivity index (χ1) is 8.16. The Bertz CT molecular complexity index is 532. The van der Waals surface area contributed by atoms with E-state index in [2.05, 4.69) is 0 Å². The molecule has 0 heterocycles. The molecule has 2 aromatic rings. The Morgan fingerprint density at radius 1 is 0.941 bits per heavy atom. The van der Waals surface area contributed by atoms with Crippen molar-refractivity contribution in [3.63, 3.8) is 0 Å². The van der Waals surface area contributed by atoms with Crippen LogP contribution >= 0.6 is 11.8 Å². The van der Waals surface area contributed by atoms with Gasteiger partial charge in [-0.2, -0.15) is 0 Å². The molecule has 0 bridgehead atoms. The van der Waals surface area contributed by atoms with Gasteiger partial charge in [-0.05, 0) is 54.9 Å². The number of carbonyl (C=O) groups excluding carboxylic acids is 1. The smallest absolute Gasteiger partial charge is 0.224 e. The Kier molecular flexibility index (Phi) is 3.64. The number of thioether (sulfide) groups is 1. The molecule has 0 N–H and O–H groups in total. The zero-order valence-electron chi connectivity index (χ0n) is 9.94. The summed E-state index contributed by atoms with van der Waals surface area (Å²) < 4.78 is 0. The molecule has 0 amide bonds. The van der Waals surface area contributed by atoms with Crippen molar-refractivity contribution in [2.45, 2.75) is 18.7 Å². The van der Waals surface area contributed by atoms with E-state index >= 15 is 0 Å². The van der Waals surface area contributed by atoms with Crippen LogP contribution in [0.5, 0.6) is 0 Å². The lowest BCUT2D eigenvalue weighted by atomic mass is 10.1. The van der Waals surface area contributed by atoms with Gasteiger partial charge in [-0.15, -0.1) is 0 Å². The summed E-state index contributed by atoms with van der Waals surface area (Å²) in [7, 11) is 0. The summed E-state index contributed by atoms with van der Waals surface area (Å²) in [6.45, 7) is 4.08. The number of benzene rings is 2. The Morgan fingerprint density at radius 2 is 1.65 bits per heavy atom. The number of hydrogen-bond donors (Lipinski definition) is 0. The highest BCUT2D eigenvalue weighted by molar-refractivity contribution is 8.14. The third kappa shape index (κ3) is 2.98. The lowest BCUT2D eigenvalue weighted by molar-refractivity contribution is 0.108. The largest absolute Gasteiger partial charge is 0.281 e. The van der Waals surface area contributed by atoms with Crippen molar-refractivity contribution in [3.05, 3.63) is 65.2 Å². The molecule has 86 valence electrons. The van der Waals surface area contributed by atoms with Gasteiger partial charge in [0, 0.05) is 10.5 Å². The van der Waals surface area contributed by atoms with Gasteiger partial charge in [0.25, 0.3) is 0 Å². The van der Waals surface area contributed by atoms with E-state index in [1.807, 2.05) is 62.4 Å². The first-order valence-corrected chi connectivity index (χ1v) is 6.33. The van der Waals surface area contributed by atoms with Gasteiger partial charge in [0.05, 0.1) is 0 Å². The quantitative estimate of drug-likeness (QED) is 0.733. The van der Waals surface area contributed by atoms with Crippen molar-refractivity contribution in [1.82, 2.24) is 0 Å². The molecule has 0 atom stereocenters. The highest BCUT2D eigenvalue weighted by Gasteiger charge is 2.08. The molecule has 0 aromatic heterocycles. The van der Waals surface area contributed by atoms with Crippen LogP contribution in [-0.4, -0.2) is 5.12 Å². The van der Waals surface area contributed by atoms with Crippen molar-refractivity contribution in [2.24, 2.45) is 0 Å². The van der Waals surface area contributed by atoms with Crippen LogP contribution in [0, 0.1) is 13.8 Å². The Hall–Kier alpha value is -1.54. The molecule has 0 aliphatic rings. The molecule has 0 aliphatic heterocycles. The van der Waals surface area contributed by atoms with Gasteiger partial charge >= 0.3 is 0 Å². The minimum atomic E-state index is 0.0966. The van der Waals surface area contributed by atoms with E-state index in [9.17, 15) is 4.79 Å². The number of hydrogen-bond acceptors (Lipinski definition) is 2. The van der Waals surface area contributed by atoms with E-state index in [1.165, 1.54) is 17.3 Å². The zero-order valence-corrected chi connectivity index (χ0v) is 10.8. The fourth-order valence-corrected chi connectivity index (χ4v) is 2.28. The third-order valence-corrected chi connectivity index (χ3v) is 3.63. The SMILES string of the molecule is Cc1ccc(C(=O)Sc2ccccc2)cc1C. The van der Waals surface area contributed by atoms with Gasteiger partial charge in [0.1, 0.15) is 0 Å². The molecular weight excluding hydrogens is 228 g/mol. The molecule has 0 saturated heterocycles. The van der Waals surface area contributed by atoms with Crippen LogP contribution in [0.1, 0.15) is 21.5 Å². The molecule has 0 radical (unpaired) electrons.